The highest BCUT2D eigenvalue weighted by Crippen LogP contribution is 2.52. The van der Waals surface area contributed by atoms with Crippen LogP contribution in [0.4, 0.5) is 41.6 Å². The Hall–Kier alpha value is -8.40. The van der Waals surface area contributed by atoms with E-state index in [9.17, 15) is 28.0 Å². The molecule has 0 saturated carbocycles. The summed E-state index contributed by atoms with van der Waals surface area (Å²) in [7, 11) is 0. The number of nitrogens with zero attached hydrogens (tertiary/aromatic N) is 8. The molecule has 5 aromatic carbocycles. The number of alkyl halides is 3. The zero-order chi connectivity index (χ0) is 61.8. The number of likely N-dealkylation sites (tertiary alicyclic amines) is 1. The molecule has 0 spiro atoms. The van der Waals surface area contributed by atoms with Gasteiger partial charge in [0.1, 0.15) is 52.4 Å². The maximum atomic E-state index is 15.7. The van der Waals surface area contributed by atoms with Gasteiger partial charge in [-0.05, 0) is 92.5 Å². The quantitative estimate of drug-likeness (QED) is 0.0498. The number of rotatable bonds is 15. The highest BCUT2D eigenvalue weighted by atomic mass is 32.1. The van der Waals surface area contributed by atoms with Crippen molar-refractivity contribution in [3.63, 3.8) is 0 Å². The van der Waals surface area contributed by atoms with Crippen LogP contribution in [-0.4, -0.2) is 99.8 Å². The highest BCUT2D eigenvalue weighted by Gasteiger charge is 2.43. The third-order valence-corrected chi connectivity index (χ3v) is 17.5. The number of piperazine rings is 1. The Balaban J connectivity index is 0.000000245. The summed E-state index contributed by atoms with van der Waals surface area (Å²) in [6.07, 6.45) is 2.52. The number of ether oxygens (including phenoxy) is 3. The monoisotopic (exact) mass is 1220 g/mol. The minimum absolute atomic E-state index is 0.00313. The van der Waals surface area contributed by atoms with Gasteiger partial charge in [-0.25, -0.2) is 22.2 Å². The van der Waals surface area contributed by atoms with Crippen LogP contribution in [0, 0.1) is 40.5 Å². The predicted octanol–water partition coefficient (Wildman–Crippen LogP) is 12.5. The van der Waals surface area contributed by atoms with Crippen LogP contribution in [0.25, 0.3) is 54.5 Å². The van der Waals surface area contributed by atoms with Gasteiger partial charge in [-0.1, -0.05) is 73.7 Å². The normalized spacial score (nSPS) is 18.2. The summed E-state index contributed by atoms with van der Waals surface area (Å²) in [5.74, 6) is -3.40. The van der Waals surface area contributed by atoms with Gasteiger partial charge in [-0.3, -0.25) is 9.59 Å². The number of benzene rings is 5. The lowest BCUT2D eigenvalue weighted by Gasteiger charge is -2.31. The van der Waals surface area contributed by atoms with Gasteiger partial charge < -0.3 is 40.4 Å². The largest absolute Gasteiger partial charge is 0.486 e. The Morgan fingerprint density at radius 3 is 2.25 bits per heavy atom. The van der Waals surface area contributed by atoms with Gasteiger partial charge in [-0.2, -0.15) is 28.4 Å². The van der Waals surface area contributed by atoms with Crippen LogP contribution >= 0.6 is 11.3 Å². The maximum absolute atomic E-state index is 15.7. The average Bonchev–Trinajstić information content (AvgIpc) is 1.83. The van der Waals surface area contributed by atoms with Crippen molar-refractivity contribution in [2.45, 2.75) is 116 Å². The third kappa shape index (κ3) is 13.2. The molecule has 5 atom stereocenters. The van der Waals surface area contributed by atoms with Gasteiger partial charge in [0, 0.05) is 72.5 Å². The fourth-order valence-corrected chi connectivity index (χ4v) is 12.2. The van der Waals surface area contributed by atoms with Crippen molar-refractivity contribution in [2.75, 3.05) is 43.5 Å². The number of anilines is 2. The number of hydrogen-bond acceptors (Lipinski definition) is 14. The van der Waals surface area contributed by atoms with Gasteiger partial charge in [0.25, 0.3) is 0 Å². The first-order valence-electron chi connectivity index (χ1n) is 28.7. The summed E-state index contributed by atoms with van der Waals surface area (Å²) in [4.78, 5) is 34.0. The lowest BCUT2D eigenvalue weighted by molar-refractivity contribution is -0.137. The lowest BCUT2D eigenvalue weighted by atomic mass is 9.92. The van der Waals surface area contributed by atoms with Gasteiger partial charge in [0.2, 0.25) is 12.8 Å². The van der Waals surface area contributed by atoms with E-state index in [2.05, 4.69) is 48.6 Å². The van der Waals surface area contributed by atoms with E-state index in [1.807, 2.05) is 51.0 Å². The molecule has 4 aliphatic rings. The highest BCUT2D eigenvalue weighted by molar-refractivity contribution is 7.23. The molecule has 24 heteroatoms. The molecular formula is C63H64F7N11O5S. The van der Waals surface area contributed by atoms with E-state index in [1.165, 1.54) is 31.0 Å². The van der Waals surface area contributed by atoms with E-state index < -0.39 is 46.1 Å². The molecule has 5 unspecified atom stereocenters. The Kier molecular flexibility index (Phi) is 18.6. The molecule has 12 rings (SSSR count). The smallest absolute Gasteiger partial charge is 0.417 e. The van der Waals surface area contributed by atoms with Gasteiger partial charge in [0.15, 0.2) is 17.4 Å². The fourth-order valence-electron chi connectivity index (χ4n) is 11.3. The molecular weight excluding hydrogens is 1160 g/mol. The molecule has 4 saturated heterocycles. The zero-order valence-electron chi connectivity index (χ0n) is 48.3. The zero-order valence-corrected chi connectivity index (χ0v) is 49.1. The molecule has 4 fully saturated rings. The number of nitrogen functional groups attached to an aromatic ring is 1. The fraction of sp³-hybridized carbons (Fsp3) is 0.381. The van der Waals surface area contributed by atoms with Crippen LogP contribution in [0.15, 0.2) is 85.1 Å². The summed E-state index contributed by atoms with van der Waals surface area (Å²) in [5, 5.41) is 24.9. The van der Waals surface area contributed by atoms with Crippen LogP contribution in [0.2, 0.25) is 0 Å². The molecule has 0 aliphatic carbocycles. The van der Waals surface area contributed by atoms with Crippen LogP contribution in [0.1, 0.15) is 101 Å². The van der Waals surface area contributed by atoms with Crippen LogP contribution in [-0.2, 0) is 27.1 Å². The van der Waals surface area contributed by atoms with E-state index in [4.69, 9.17) is 29.9 Å². The Bertz CT molecular complexity index is 3830. The number of halogens is 7. The number of nitrogens with one attached hydrogen (secondary N) is 2. The summed E-state index contributed by atoms with van der Waals surface area (Å²) < 4.78 is 123. The van der Waals surface area contributed by atoms with E-state index in [0.29, 0.717) is 74.6 Å². The van der Waals surface area contributed by atoms with E-state index in [1.54, 1.807) is 19.1 Å². The van der Waals surface area contributed by atoms with Crippen molar-refractivity contribution in [2.24, 2.45) is 5.92 Å². The van der Waals surface area contributed by atoms with Crippen molar-refractivity contribution in [3.8, 4) is 51.3 Å². The SMILES string of the molecule is CC(C)C(C)n1cc(-c2ccc(COc3c(-c4ccc(F)c5sc(N)c(C#N)c45)c(C(F)(F)F)cc4c(N5CC6CC5CN6)nc(OC5CCOCC5)nc34)cc2)nn1.CC(NC=O)c1ccc(-c2c(F)ccc(F)c2F)cc1.CC1CCCN1C=O. The lowest BCUT2D eigenvalue weighted by Crippen LogP contribution is -2.44. The first-order chi connectivity index (χ1) is 41.8. The van der Waals surface area contributed by atoms with Crippen molar-refractivity contribution in [3.05, 3.63) is 131 Å². The Morgan fingerprint density at radius 1 is 0.920 bits per heavy atom. The molecule has 87 heavy (non-hydrogen) atoms. The van der Waals surface area contributed by atoms with E-state index in [-0.39, 0.29) is 91.3 Å². The van der Waals surface area contributed by atoms with Gasteiger partial charge in [0.05, 0.1) is 52.9 Å². The summed E-state index contributed by atoms with van der Waals surface area (Å²) in [6, 6.07) is 21.1. The van der Waals surface area contributed by atoms with Crippen LogP contribution in [0.3, 0.4) is 0 Å². The molecule has 4 aliphatic heterocycles. The van der Waals surface area contributed by atoms with Crippen LogP contribution in [0.5, 0.6) is 11.8 Å². The molecule has 3 aromatic heterocycles. The standard InChI is InChI=1S/C42H41F4N9O3S.C15H12F3NO.C6H11NO/c1-21(2)22(3)55-19-33(52-53-55)24-6-4-23(5-7-24)20-57-37-35(28-8-9-32(43)38-34(28)30(16-47)39(48)59-38)31(42(44,45)46)15-29-36(37)50-41(58-27-10-12-56-13-11-27)51-40(29)54-18-25-14-26(54)17-49-25;1-9(19-8-20)10-2-4-11(5-3-10)14-12(16)6-7-13(17)15(14)18;1-6-3-2-4-7(6)5-8/h4-9,15,19,21-22,25-27,49H,10-14,17-18,20,48H2,1-3H3;2-9H,1H3,(H,19,20);5-6H,2-4H2,1H3. The average molecular weight is 1220 g/mol. The van der Waals surface area contributed by atoms with Gasteiger partial charge >= 0.3 is 12.2 Å². The number of fused-ring (bicyclic) bond motifs is 4. The number of aromatic nitrogens is 5. The number of thiophene rings is 1. The van der Waals surface area contributed by atoms with Gasteiger partial charge in [-0.15, -0.1) is 16.4 Å². The van der Waals surface area contributed by atoms with Crippen molar-refractivity contribution in [1.82, 2.24) is 40.5 Å². The number of hydrogen-bond donors (Lipinski definition) is 3. The first-order valence-corrected chi connectivity index (χ1v) is 29.5. The number of nitrogens with two attached hydrogens (primary N) is 1. The molecule has 16 nitrogen and oxygen atoms in total. The van der Waals surface area contributed by atoms with E-state index in [0.717, 1.165) is 66.1 Å². The molecule has 456 valence electrons. The van der Waals surface area contributed by atoms with Crippen LogP contribution < -0.4 is 30.7 Å². The second kappa shape index (κ2) is 26.3. The molecule has 7 heterocycles. The summed E-state index contributed by atoms with van der Waals surface area (Å²) in [5.41, 5.74) is 7.36. The van der Waals surface area contributed by atoms with Crippen molar-refractivity contribution in [1.29, 1.82) is 5.26 Å². The minimum atomic E-state index is -4.94. The number of carbonyl (C=O) groups excluding carboxylic acids is 2. The maximum Gasteiger partial charge on any atom is 0.417 e. The van der Waals surface area contributed by atoms with E-state index >= 15 is 17.6 Å². The second-order valence-corrected chi connectivity index (χ2v) is 23.5. The summed E-state index contributed by atoms with van der Waals surface area (Å²) >= 11 is 0.802. The predicted molar refractivity (Wildman–Crippen MR) is 317 cm³/mol. The molecule has 4 N–H and O–H groups in total. The topological polar surface area (TPSA) is 199 Å². The molecule has 0 radical (unpaired) electrons. The Labute approximate surface area is 501 Å². The first kappa shape index (κ1) is 61.7. The minimum Gasteiger partial charge on any atom is -0.486 e. The number of nitriles is 1. The molecule has 2 bridgehead atoms. The number of carbonyl (C=O) groups is 2. The summed E-state index contributed by atoms with van der Waals surface area (Å²) in [6.45, 7) is 13.1. The Morgan fingerprint density at radius 2 is 1.63 bits per heavy atom. The third-order valence-electron chi connectivity index (χ3n) is 16.5. The van der Waals surface area contributed by atoms with Crippen molar-refractivity contribution < 1.29 is 54.5 Å². The number of amides is 2. The second-order valence-electron chi connectivity index (χ2n) is 22.4. The van der Waals surface area contributed by atoms with Crippen molar-refractivity contribution >= 4 is 56.0 Å². The molecule has 8 aromatic rings. The molecule has 2 amide bonds.